The largest absolute Gasteiger partial charge is 0.478 e. The Morgan fingerprint density at radius 2 is 1.68 bits per heavy atom. The second kappa shape index (κ2) is 11.7. The maximum atomic E-state index is 13.0. The molecule has 208 valence electrons. The van der Waals surface area contributed by atoms with Crippen LogP contribution in [0.5, 0.6) is 0 Å². The number of aromatic amines is 1. The van der Waals surface area contributed by atoms with Crippen molar-refractivity contribution in [2.75, 3.05) is 5.32 Å². The van der Waals surface area contributed by atoms with Crippen LogP contribution in [0.25, 0.3) is 11.3 Å². The van der Waals surface area contributed by atoms with Gasteiger partial charge >= 0.3 is 12.1 Å². The lowest BCUT2D eigenvalue weighted by Gasteiger charge is -2.23. The van der Waals surface area contributed by atoms with E-state index in [2.05, 4.69) is 15.5 Å². The molecule has 3 aromatic carbocycles. The van der Waals surface area contributed by atoms with Crippen LogP contribution in [0.3, 0.4) is 0 Å². The number of rotatable bonds is 8. The molecule has 4 aromatic rings. The quantitative estimate of drug-likeness (QED) is 0.196. The summed E-state index contributed by atoms with van der Waals surface area (Å²) in [5, 5.41) is 19.6. The average Bonchev–Trinajstić information content (AvgIpc) is 3.28. The first-order valence-electron chi connectivity index (χ1n) is 11.8. The number of carboxylic acid groups (broad SMARTS) is 1. The van der Waals surface area contributed by atoms with Gasteiger partial charge in [-0.2, -0.15) is 18.3 Å². The van der Waals surface area contributed by atoms with E-state index in [0.717, 1.165) is 12.1 Å². The fraction of sp³-hybridized carbons (Fsp3) is 0.179. The normalized spacial score (nSPS) is 13.1. The molecule has 0 radical (unpaired) electrons. The lowest BCUT2D eigenvalue weighted by Crippen LogP contribution is -2.30. The smallest absolute Gasteiger partial charge is 0.416 e. The third-order valence-electron chi connectivity index (χ3n) is 6.15. The minimum Gasteiger partial charge on any atom is -0.478 e. The van der Waals surface area contributed by atoms with E-state index in [1.807, 2.05) is 0 Å². The van der Waals surface area contributed by atoms with Gasteiger partial charge in [0.15, 0.2) is 0 Å². The molecule has 1 aromatic heterocycles. The summed E-state index contributed by atoms with van der Waals surface area (Å²) in [6.07, 6.45) is -6.47. The van der Waals surface area contributed by atoms with Gasteiger partial charge in [0.1, 0.15) is 12.2 Å². The Morgan fingerprint density at radius 3 is 2.25 bits per heavy atom. The summed E-state index contributed by atoms with van der Waals surface area (Å²) in [7, 11) is 0. The van der Waals surface area contributed by atoms with Gasteiger partial charge in [-0.3, -0.25) is 9.89 Å². The lowest BCUT2D eigenvalue weighted by atomic mass is 9.99. The Bertz CT molecular complexity index is 1540. The summed E-state index contributed by atoms with van der Waals surface area (Å²) >= 11 is 12.6. The highest BCUT2D eigenvalue weighted by Gasteiger charge is 2.31. The summed E-state index contributed by atoms with van der Waals surface area (Å²) in [4.78, 5) is 24.0. The number of aromatic carboxylic acids is 1. The van der Waals surface area contributed by atoms with Crippen LogP contribution in [-0.4, -0.2) is 33.3 Å². The topological polar surface area (TPSA) is 104 Å². The van der Waals surface area contributed by atoms with E-state index in [0.29, 0.717) is 38.8 Å². The Morgan fingerprint density at radius 1 is 1.02 bits per heavy atom. The molecule has 0 bridgehead atoms. The zero-order valence-corrected chi connectivity index (χ0v) is 22.5. The molecule has 0 aliphatic rings. The van der Waals surface area contributed by atoms with Crippen molar-refractivity contribution in [2.24, 2.45) is 0 Å². The third-order valence-corrected chi connectivity index (χ3v) is 6.71. The SMILES string of the molecule is Cc1c(C(OC(C)C(=O)Nc2ccc(C(=O)O)cc2)c2ccc(Cl)cc2Cl)n[nH]c1-c1ccc(C(F)(F)F)cc1. The number of halogens is 5. The number of nitrogens with one attached hydrogen (secondary N) is 2. The van der Waals surface area contributed by atoms with Crippen molar-refractivity contribution >= 4 is 40.8 Å². The predicted octanol–water partition coefficient (Wildman–Crippen LogP) is 7.54. The first-order chi connectivity index (χ1) is 18.8. The van der Waals surface area contributed by atoms with E-state index < -0.39 is 35.8 Å². The summed E-state index contributed by atoms with van der Waals surface area (Å²) in [5.41, 5.74) is 2.01. The molecule has 2 atom stereocenters. The van der Waals surface area contributed by atoms with Crippen molar-refractivity contribution in [3.05, 3.63) is 105 Å². The Hall–Kier alpha value is -3.86. The number of aromatic nitrogens is 2. The Labute approximate surface area is 236 Å². The first kappa shape index (κ1) is 29.1. The summed E-state index contributed by atoms with van der Waals surface area (Å²) in [6.45, 7) is 3.25. The molecule has 1 heterocycles. The molecule has 0 aliphatic carbocycles. The maximum Gasteiger partial charge on any atom is 0.416 e. The van der Waals surface area contributed by atoms with Crippen LogP contribution in [0.1, 0.15) is 45.8 Å². The minimum atomic E-state index is -4.47. The predicted molar refractivity (Wildman–Crippen MR) is 145 cm³/mol. The number of alkyl halides is 3. The van der Waals surface area contributed by atoms with E-state index in [1.165, 1.54) is 49.4 Å². The number of carbonyl (C=O) groups is 2. The van der Waals surface area contributed by atoms with Crippen molar-refractivity contribution in [2.45, 2.75) is 32.2 Å². The Kier molecular flexibility index (Phi) is 8.53. The van der Waals surface area contributed by atoms with Crippen molar-refractivity contribution in [1.82, 2.24) is 10.2 Å². The van der Waals surface area contributed by atoms with E-state index in [1.54, 1.807) is 19.1 Å². The molecule has 0 saturated carbocycles. The van der Waals surface area contributed by atoms with Crippen molar-refractivity contribution in [3.8, 4) is 11.3 Å². The zero-order valence-electron chi connectivity index (χ0n) is 21.0. The highest BCUT2D eigenvalue weighted by atomic mass is 35.5. The number of H-pyrrole nitrogens is 1. The molecule has 12 heteroatoms. The number of amides is 1. The number of ether oxygens (including phenoxy) is 1. The van der Waals surface area contributed by atoms with Gasteiger partial charge in [-0.1, -0.05) is 41.4 Å². The number of hydrogen-bond donors (Lipinski definition) is 3. The van der Waals surface area contributed by atoms with Crippen molar-refractivity contribution in [3.63, 3.8) is 0 Å². The lowest BCUT2D eigenvalue weighted by molar-refractivity contribution is -0.137. The fourth-order valence-corrected chi connectivity index (χ4v) is 4.49. The molecule has 40 heavy (non-hydrogen) atoms. The first-order valence-corrected chi connectivity index (χ1v) is 12.6. The van der Waals surface area contributed by atoms with Crippen LogP contribution < -0.4 is 5.32 Å². The molecule has 4 rings (SSSR count). The average molecular weight is 592 g/mol. The minimum absolute atomic E-state index is 0.0672. The van der Waals surface area contributed by atoms with E-state index in [9.17, 15) is 22.8 Å². The van der Waals surface area contributed by atoms with Crippen LogP contribution in [0, 0.1) is 6.92 Å². The van der Waals surface area contributed by atoms with Gasteiger partial charge in [0.25, 0.3) is 5.91 Å². The van der Waals surface area contributed by atoms with Crippen LogP contribution >= 0.6 is 23.2 Å². The molecule has 3 N–H and O–H groups in total. The molecule has 7 nitrogen and oxygen atoms in total. The number of hydrogen-bond acceptors (Lipinski definition) is 4. The summed E-state index contributed by atoms with van der Waals surface area (Å²) in [5.74, 6) is -1.61. The highest BCUT2D eigenvalue weighted by Crippen LogP contribution is 2.38. The highest BCUT2D eigenvalue weighted by molar-refractivity contribution is 6.35. The molecule has 0 saturated heterocycles. The monoisotopic (exact) mass is 591 g/mol. The molecule has 0 aliphatic heterocycles. The Balaban J connectivity index is 1.64. The number of nitrogens with zero attached hydrogens (tertiary/aromatic N) is 1. The van der Waals surface area contributed by atoms with Gasteiger partial charge in [-0.15, -0.1) is 0 Å². The number of carbonyl (C=O) groups excluding carboxylic acids is 1. The standard InChI is InChI=1S/C28H22Cl2F3N3O4/c1-14-23(16-3-7-18(8-4-16)28(31,32)33)35-36-24(14)25(21-12-9-19(29)13-22(21)30)40-15(2)26(37)34-20-10-5-17(6-11-20)27(38)39/h3-13,15,25H,1-2H3,(H,34,37)(H,35,36)(H,38,39). The van der Waals surface area contributed by atoms with Gasteiger partial charge < -0.3 is 15.2 Å². The second-order valence-electron chi connectivity index (χ2n) is 8.88. The fourth-order valence-electron chi connectivity index (χ4n) is 3.98. The van der Waals surface area contributed by atoms with Gasteiger partial charge in [-0.25, -0.2) is 4.79 Å². The zero-order chi connectivity index (χ0) is 29.2. The second-order valence-corrected chi connectivity index (χ2v) is 9.72. The summed E-state index contributed by atoms with van der Waals surface area (Å²) in [6, 6.07) is 15.0. The number of benzene rings is 3. The van der Waals surface area contributed by atoms with Crippen LogP contribution in [0.4, 0.5) is 18.9 Å². The summed E-state index contributed by atoms with van der Waals surface area (Å²) < 4.78 is 45.2. The van der Waals surface area contributed by atoms with E-state index in [-0.39, 0.29) is 10.6 Å². The number of anilines is 1. The van der Waals surface area contributed by atoms with Crippen LogP contribution in [-0.2, 0) is 15.7 Å². The molecular weight excluding hydrogens is 570 g/mol. The van der Waals surface area contributed by atoms with Crippen LogP contribution in [0.2, 0.25) is 10.0 Å². The van der Waals surface area contributed by atoms with Crippen molar-refractivity contribution in [1.29, 1.82) is 0 Å². The maximum absolute atomic E-state index is 13.0. The number of carboxylic acids is 1. The van der Waals surface area contributed by atoms with E-state index in [4.69, 9.17) is 33.0 Å². The molecule has 0 spiro atoms. The molecule has 2 unspecified atom stereocenters. The van der Waals surface area contributed by atoms with Gasteiger partial charge in [0, 0.05) is 26.9 Å². The van der Waals surface area contributed by atoms with Gasteiger partial charge in [0.2, 0.25) is 0 Å². The molecule has 1 amide bonds. The van der Waals surface area contributed by atoms with Crippen molar-refractivity contribution < 1.29 is 32.6 Å². The van der Waals surface area contributed by atoms with E-state index >= 15 is 0 Å². The molecule has 0 fully saturated rings. The third kappa shape index (κ3) is 6.47. The van der Waals surface area contributed by atoms with Crippen LogP contribution in [0.15, 0.2) is 66.7 Å². The molecular formula is C28H22Cl2F3N3O4. The van der Waals surface area contributed by atoms with Gasteiger partial charge in [0.05, 0.1) is 22.5 Å². The van der Waals surface area contributed by atoms with Gasteiger partial charge in [-0.05, 0) is 67.9 Å².